The van der Waals surface area contributed by atoms with Crippen molar-refractivity contribution < 1.29 is 28.5 Å². The second-order valence-electron chi connectivity index (χ2n) is 9.46. The maximum atomic E-state index is 12.2. The van der Waals surface area contributed by atoms with E-state index in [0.717, 1.165) is 25.7 Å². The minimum Gasteiger partial charge on any atom is -0.454 e. The number of unbranched alkanes of at least 4 members (excludes halogenated alkanes) is 12. The van der Waals surface area contributed by atoms with Gasteiger partial charge in [-0.3, -0.25) is 0 Å². The Morgan fingerprint density at radius 3 is 1.44 bits per heavy atom. The van der Waals surface area contributed by atoms with Crippen LogP contribution in [0.2, 0.25) is 0 Å². The smallest absolute Gasteiger partial charge is 0.330 e. The van der Waals surface area contributed by atoms with Crippen LogP contribution in [0.5, 0.6) is 0 Å². The summed E-state index contributed by atoms with van der Waals surface area (Å²) in [5.41, 5.74) is 0. The standard InChI is InChI=1S/C28H46O6/c1-3-5-7-9-11-13-15-17-19-25(29)33-23-21-31-28-24(22-32-27(23)28)34-26(30)20-18-16-14-12-10-8-6-4-2/h17-20,23-24,27-28H,3-16,21-22H2,1-2H3/b19-17+,20-18+. The molecular weight excluding hydrogens is 432 g/mol. The third-order valence-corrected chi connectivity index (χ3v) is 6.45. The van der Waals surface area contributed by atoms with Crippen molar-refractivity contribution in [2.45, 2.75) is 128 Å². The largest absolute Gasteiger partial charge is 0.454 e. The SMILES string of the molecule is CCCCCCCC/C=C/C(=O)OC1COC2C(OC(=O)/C=C/CCCCCCCC)COC12. The van der Waals surface area contributed by atoms with E-state index in [9.17, 15) is 9.59 Å². The van der Waals surface area contributed by atoms with Crippen LogP contribution >= 0.6 is 0 Å². The van der Waals surface area contributed by atoms with Crippen LogP contribution in [0.15, 0.2) is 24.3 Å². The zero-order valence-electron chi connectivity index (χ0n) is 21.4. The van der Waals surface area contributed by atoms with Gasteiger partial charge in [-0.1, -0.05) is 90.2 Å². The molecule has 34 heavy (non-hydrogen) atoms. The molecule has 194 valence electrons. The average molecular weight is 479 g/mol. The number of carbonyl (C=O) groups excluding carboxylic acids is 2. The Bertz CT molecular complexity index is 574. The molecule has 2 aliphatic rings. The first-order valence-electron chi connectivity index (χ1n) is 13.6. The van der Waals surface area contributed by atoms with Crippen molar-refractivity contribution in [2.75, 3.05) is 13.2 Å². The summed E-state index contributed by atoms with van der Waals surface area (Å²) >= 11 is 0. The van der Waals surface area contributed by atoms with Crippen molar-refractivity contribution in [2.24, 2.45) is 0 Å². The Hall–Kier alpha value is -1.66. The highest BCUT2D eigenvalue weighted by molar-refractivity contribution is 5.82. The van der Waals surface area contributed by atoms with E-state index in [1.165, 1.54) is 76.4 Å². The molecule has 0 amide bonds. The summed E-state index contributed by atoms with van der Waals surface area (Å²) in [6, 6.07) is 0. The molecule has 4 unspecified atom stereocenters. The van der Waals surface area contributed by atoms with Crippen molar-refractivity contribution in [3.05, 3.63) is 24.3 Å². The lowest BCUT2D eigenvalue weighted by molar-refractivity contribution is -0.149. The van der Waals surface area contributed by atoms with E-state index in [4.69, 9.17) is 18.9 Å². The Morgan fingerprint density at radius 2 is 1.03 bits per heavy atom. The van der Waals surface area contributed by atoms with Crippen LogP contribution in [0.1, 0.15) is 104 Å². The molecule has 0 aromatic carbocycles. The molecule has 0 radical (unpaired) electrons. The van der Waals surface area contributed by atoms with Gasteiger partial charge in [0.05, 0.1) is 13.2 Å². The molecule has 2 aliphatic heterocycles. The fourth-order valence-corrected chi connectivity index (χ4v) is 4.45. The van der Waals surface area contributed by atoms with Crippen LogP contribution in [-0.2, 0) is 28.5 Å². The lowest BCUT2D eigenvalue weighted by atomic mass is 10.1. The number of fused-ring (bicyclic) bond motifs is 1. The van der Waals surface area contributed by atoms with Crippen molar-refractivity contribution in [1.82, 2.24) is 0 Å². The van der Waals surface area contributed by atoms with Crippen LogP contribution in [0, 0.1) is 0 Å². The van der Waals surface area contributed by atoms with E-state index in [-0.39, 0.29) is 37.4 Å². The highest BCUT2D eigenvalue weighted by Gasteiger charge is 2.50. The third kappa shape index (κ3) is 11.2. The summed E-state index contributed by atoms with van der Waals surface area (Å²) in [5, 5.41) is 0. The summed E-state index contributed by atoms with van der Waals surface area (Å²) in [6.07, 6.45) is 21.6. The van der Waals surface area contributed by atoms with Crippen LogP contribution in [0.3, 0.4) is 0 Å². The predicted octanol–water partition coefficient (Wildman–Crippen LogP) is 6.22. The maximum absolute atomic E-state index is 12.2. The van der Waals surface area contributed by atoms with Crippen molar-refractivity contribution >= 4 is 11.9 Å². The molecular formula is C28H46O6. The first kappa shape index (κ1) is 28.6. The summed E-state index contributed by atoms with van der Waals surface area (Å²) in [5.74, 6) is -0.746. The third-order valence-electron chi connectivity index (χ3n) is 6.45. The number of carbonyl (C=O) groups is 2. The quantitative estimate of drug-likeness (QED) is 0.132. The van der Waals surface area contributed by atoms with Crippen LogP contribution < -0.4 is 0 Å². The molecule has 6 heteroatoms. The number of esters is 2. The van der Waals surface area contributed by atoms with E-state index in [1.54, 1.807) is 0 Å². The molecule has 0 N–H and O–H groups in total. The molecule has 0 aromatic heterocycles. The van der Waals surface area contributed by atoms with Gasteiger partial charge in [-0.05, 0) is 25.7 Å². The zero-order valence-corrected chi connectivity index (χ0v) is 21.4. The van der Waals surface area contributed by atoms with E-state index in [0.29, 0.717) is 0 Å². The van der Waals surface area contributed by atoms with Gasteiger partial charge < -0.3 is 18.9 Å². The second kappa shape index (κ2) is 17.7. The topological polar surface area (TPSA) is 71.1 Å². The minimum absolute atomic E-state index is 0.258. The van der Waals surface area contributed by atoms with Gasteiger partial charge in [0.15, 0.2) is 12.2 Å². The number of rotatable bonds is 18. The Morgan fingerprint density at radius 1 is 0.647 bits per heavy atom. The molecule has 0 aromatic rings. The Labute approximate surface area is 206 Å². The van der Waals surface area contributed by atoms with Crippen molar-refractivity contribution in [3.8, 4) is 0 Å². The van der Waals surface area contributed by atoms with E-state index >= 15 is 0 Å². The lowest BCUT2D eigenvalue weighted by Gasteiger charge is -2.16. The minimum atomic E-state index is -0.469. The van der Waals surface area contributed by atoms with Crippen LogP contribution in [-0.4, -0.2) is 49.6 Å². The first-order chi connectivity index (χ1) is 16.7. The predicted molar refractivity (Wildman–Crippen MR) is 134 cm³/mol. The fraction of sp³-hybridized carbons (Fsp3) is 0.786. The summed E-state index contributed by atoms with van der Waals surface area (Å²) in [6.45, 7) is 4.94. The van der Waals surface area contributed by atoms with Crippen molar-refractivity contribution in [3.63, 3.8) is 0 Å². The first-order valence-corrected chi connectivity index (χ1v) is 13.6. The normalized spacial score (nSPS) is 24.2. The fourth-order valence-electron chi connectivity index (χ4n) is 4.45. The van der Waals surface area contributed by atoms with E-state index in [2.05, 4.69) is 13.8 Å². The monoisotopic (exact) mass is 478 g/mol. The highest BCUT2D eigenvalue weighted by Crippen LogP contribution is 2.30. The number of allylic oxidation sites excluding steroid dienone is 2. The molecule has 6 nitrogen and oxygen atoms in total. The zero-order chi connectivity index (χ0) is 24.4. The number of hydrogen-bond donors (Lipinski definition) is 0. The van der Waals surface area contributed by atoms with E-state index in [1.807, 2.05) is 12.2 Å². The number of hydrogen-bond acceptors (Lipinski definition) is 6. The molecule has 0 aliphatic carbocycles. The van der Waals surface area contributed by atoms with Gasteiger partial charge in [-0.15, -0.1) is 0 Å². The number of ether oxygens (including phenoxy) is 4. The van der Waals surface area contributed by atoms with Crippen LogP contribution in [0.4, 0.5) is 0 Å². The van der Waals surface area contributed by atoms with Gasteiger partial charge in [0.25, 0.3) is 0 Å². The lowest BCUT2D eigenvalue weighted by Crippen LogP contribution is -2.35. The molecule has 0 saturated carbocycles. The van der Waals surface area contributed by atoms with E-state index < -0.39 is 12.2 Å². The van der Waals surface area contributed by atoms with Gasteiger partial charge in [0.1, 0.15) is 12.2 Å². The van der Waals surface area contributed by atoms with Gasteiger partial charge in [0.2, 0.25) is 0 Å². The second-order valence-corrected chi connectivity index (χ2v) is 9.46. The maximum Gasteiger partial charge on any atom is 0.330 e. The van der Waals surface area contributed by atoms with Crippen LogP contribution in [0.25, 0.3) is 0 Å². The summed E-state index contributed by atoms with van der Waals surface area (Å²) < 4.78 is 22.6. The Balaban J connectivity index is 1.59. The molecule has 2 fully saturated rings. The molecule has 0 spiro atoms. The van der Waals surface area contributed by atoms with Crippen molar-refractivity contribution in [1.29, 1.82) is 0 Å². The Kier molecular flexibility index (Phi) is 14.9. The van der Waals surface area contributed by atoms with Gasteiger partial charge in [-0.25, -0.2) is 9.59 Å². The molecule has 4 atom stereocenters. The summed E-state index contributed by atoms with van der Waals surface area (Å²) in [4.78, 5) is 24.3. The summed E-state index contributed by atoms with van der Waals surface area (Å²) in [7, 11) is 0. The molecule has 2 rings (SSSR count). The molecule has 2 heterocycles. The average Bonchev–Trinajstić information content (AvgIpc) is 3.40. The van der Waals surface area contributed by atoms with Gasteiger partial charge in [0, 0.05) is 12.2 Å². The molecule has 0 bridgehead atoms. The van der Waals surface area contributed by atoms with Gasteiger partial charge in [-0.2, -0.15) is 0 Å². The molecule has 2 saturated heterocycles. The highest BCUT2D eigenvalue weighted by atomic mass is 16.7. The van der Waals surface area contributed by atoms with Gasteiger partial charge >= 0.3 is 11.9 Å².